The number of imidazole rings is 1. The Labute approximate surface area is 119 Å². The predicted molar refractivity (Wildman–Crippen MR) is 78.8 cm³/mol. The van der Waals surface area contributed by atoms with Gasteiger partial charge in [-0.2, -0.15) is 0 Å². The van der Waals surface area contributed by atoms with E-state index in [1.165, 1.54) is 0 Å². The van der Waals surface area contributed by atoms with Crippen molar-refractivity contribution in [1.82, 2.24) is 19.5 Å². The number of hydrogen-bond donors (Lipinski definition) is 1. The number of aromatic nitrogens is 4. The molecule has 0 amide bonds. The van der Waals surface area contributed by atoms with Crippen molar-refractivity contribution in [3.63, 3.8) is 0 Å². The molecule has 0 saturated heterocycles. The van der Waals surface area contributed by atoms with Gasteiger partial charge < -0.3 is 14.6 Å². The van der Waals surface area contributed by atoms with Crippen LogP contribution in [0.2, 0.25) is 0 Å². The second-order valence-electron chi connectivity index (χ2n) is 4.18. The highest BCUT2D eigenvalue weighted by Gasteiger charge is 2.13. The second-order valence-corrected chi connectivity index (χ2v) is 5.14. The van der Waals surface area contributed by atoms with Crippen LogP contribution in [0.3, 0.4) is 0 Å². The van der Waals surface area contributed by atoms with Crippen LogP contribution in [-0.4, -0.2) is 39.8 Å². The van der Waals surface area contributed by atoms with E-state index in [1.807, 2.05) is 10.9 Å². The summed E-state index contributed by atoms with van der Waals surface area (Å²) in [6, 6.07) is 0.326. The molecule has 2 aromatic rings. The van der Waals surface area contributed by atoms with Gasteiger partial charge in [0.25, 0.3) is 0 Å². The van der Waals surface area contributed by atoms with Crippen LogP contribution < -0.4 is 5.32 Å². The molecule has 0 aliphatic carbocycles. The molecule has 0 atom stereocenters. The highest BCUT2D eigenvalue weighted by molar-refractivity contribution is 14.1. The summed E-state index contributed by atoms with van der Waals surface area (Å²) in [5.74, 6) is 0.765. The van der Waals surface area contributed by atoms with Gasteiger partial charge in [-0.25, -0.2) is 15.0 Å². The fourth-order valence-corrected chi connectivity index (χ4v) is 2.13. The van der Waals surface area contributed by atoms with Crippen LogP contribution in [0.5, 0.6) is 0 Å². The van der Waals surface area contributed by atoms with Gasteiger partial charge in [0, 0.05) is 42.3 Å². The molecule has 98 valence electrons. The summed E-state index contributed by atoms with van der Waals surface area (Å²) in [4.78, 5) is 13.2. The lowest BCUT2D eigenvalue weighted by Crippen LogP contribution is -2.10. The van der Waals surface area contributed by atoms with Crippen LogP contribution in [0.1, 0.15) is 19.9 Å². The molecule has 6 nitrogen and oxygen atoms in total. The Kier molecular flexibility index (Phi) is 4.33. The van der Waals surface area contributed by atoms with Gasteiger partial charge in [0.15, 0.2) is 20.8 Å². The predicted octanol–water partition coefficient (Wildman–Crippen LogP) is 2.07. The van der Waals surface area contributed by atoms with Gasteiger partial charge in [0.1, 0.15) is 0 Å². The SMILES string of the molecule is COCCNc1nc(I)nc2c1ncn2C(C)C. The van der Waals surface area contributed by atoms with Crippen molar-refractivity contribution in [2.45, 2.75) is 19.9 Å². The topological polar surface area (TPSA) is 64.9 Å². The molecule has 18 heavy (non-hydrogen) atoms. The highest BCUT2D eigenvalue weighted by Crippen LogP contribution is 2.21. The van der Waals surface area contributed by atoms with E-state index >= 15 is 0 Å². The number of fused-ring (bicyclic) bond motifs is 1. The number of rotatable bonds is 5. The Morgan fingerprint density at radius 3 is 2.89 bits per heavy atom. The number of nitrogens with one attached hydrogen (secondary N) is 1. The van der Waals surface area contributed by atoms with Crippen LogP contribution in [0.25, 0.3) is 11.2 Å². The fraction of sp³-hybridized carbons (Fsp3) is 0.545. The monoisotopic (exact) mass is 361 g/mol. The van der Waals surface area contributed by atoms with Gasteiger partial charge in [-0.05, 0) is 13.8 Å². The van der Waals surface area contributed by atoms with E-state index in [9.17, 15) is 0 Å². The van der Waals surface area contributed by atoms with Crippen molar-refractivity contribution in [3.8, 4) is 0 Å². The summed E-state index contributed by atoms with van der Waals surface area (Å²) in [6.45, 7) is 5.54. The zero-order chi connectivity index (χ0) is 13.1. The van der Waals surface area contributed by atoms with Gasteiger partial charge in [-0.3, -0.25) is 0 Å². The Bertz CT molecular complexity index is 539. The maximum Gasteiger partial charge on any atom is 0.194 e. The zero-order valence-electron chi connectivity index (χ0n) is 10.6. The van der Waals surface area contributed by atoms with Crippen LogP contribution >= 0.6 is 22.6 Å². The van der Waals surface area contributed by atoms with Crippen molar-refractivity contribution >= 4 is 39.6 Å². The molecule has 0 aliphatic heterocycles. The lowest BCUT2D eigenvalue weighted by molar-refractivity contribution is 0.210. The van der Waals surface area contributed by atoms with Crippen molar-refractivity contribution in [1.29, 1.82) is 0 Å². The second kappa shape index (κ2) is 5.79. The molecule has 0 aromatic carbocycles. The first-order valence-corrected chi connectivity index (χ1v) is 6.84. The van der Waals surface area contributed by atoms with Crippen LogP contribution in [0, 0.1) is 3.83 Å². The zero-order valence-corrected chi connectivity index (χ0v) is 12.8. The number of nitrogens with zero attached hydrogens (tertiary/aromatic N) is 4. The summed E-state index contributed by atoms with van der Waals surface area (Å²) >= 11 is 2.12. The lowest BCUT2D eigenvalue weighted by Gasteiger charge is -2.09. The molecule has 0 unspecified atom stereocenters. The van der Waals surface area contributed by atoms with E-state index < -0.39 is 0 Å². The molecule has 2 heterocycles. The maximum atomic E-state index is 5.02. The van der Waals surface area contributed by atoms with Gasteiger partial charge in [0.2, 0.25) is 0 Å². The third kappa shape index (κ3) is 2.72. The summed E-state index contributed by atoms with van der Waals surface area (Å²) in [5, 5.41) is 3.22. The number of anilines is 1. The quantitative estimate of drug-likeness (QED) is 0.502. The Morgan fingerprint density at radius 1 is 1.44 bits per heavy atom. The van der Waals surface area contributed by atoms with E-state index in [-0.39, 0.29) is 0 Å². The largest absolute Gasteiger partial charge is 0.383 e. The first kappa shape index (κ1) is 13.5. The van der Waals surface area contributed by atoms with Crippen LogP contribution in [0.4, 0.5) is 5.82 Å². The number of halogens is 1. The minimum atomic E-state index is 0.326. The van der Waals surface area contributed by atoms with Gasteiger partial charge >= 0.3 is 0 Å². The van der Waals surface area contributed by atoms with E-state index in [1.54, 1.807) is 7.11 Å². The summed E-state index contributed by atoms with van der Waals surface area (Å²) in [6.07, 6.45) is 1.81. The molecule has 1 N–H and O–H groups in total. The Hall–Kier alpha value is -0.960. The van der Waals surface area contributed by atoms with Gasteiger partial charge in [-0.15, -0.1) is 0 Å². The smallest absolute Gasteiger partial charge is 0.194 e. The summed E-state index contributed by atoms with van der Waals surface area (Å²) in [5.41, 5.74) is 1.67. The summed E-state index contributed by atoms with van der Waals surface area (Å²) < 4.78 is 7.77. The molecule has 0 bridgehead atoms. The van der Waals surface area contributed by atoms with E-state index in [4.69, 9.17) is 4.74 Å². The van der Waals surface area contributed by atoms with Crippen molar-refractivity contribution in [2.24, 2.45) is 0 Å². The third-order valence-corrected chi connectivity index (χ3v) is 3.03. The molecule has 7 heteroatoms. The first-order valence-electron chi connectivity index (χ1n) is 5.76. The number of methoxy groups -OCH3 is 1. The normalized spacial score (nSPS) is 11.4. The fourth-order valence-electron chi connectivity index (χ4n) is 1.66. The van der Waals surface area contributed by atoms with Crippen LogP contribution in [0.15, 0.2) is 6.33 Å². The molecule has 2 rings (SSSR count). The minimum absolute atomic E-state index is 0.326. The summed E-state index contributed by atoms with van der Waals surface area (Å²) in [7, 11) is 1.68. The molecule has 0 fully saturated rings. The lowest BCUT2D eigenvalue weighted by atomic mass is 10.4. The molecule has 0 spiro atoms. The molecule has 0 saturated carbocycles. The van der Waals surface area contributed by atoms with Gasteiger partial charge in [-0.1, -0.05) is 0 Å². The average molecular weight is 361 g/mol. The Morgan fingerprint density at radius 2 is 2.22 bits per heavy atom. The van der Waals surface area contributed by atoms with E-state index in [2.05, 4.69) is 56.7 Å². The van der Waals surface area contributed by atoms with Gasteiger partial charge in [0.05, 0.1) is 12.9 Å². The highest BCUT2D eigenvalue weighted by atomic mass is 127. The first-order chi connectivity index (χ1) is 8.63. The van der Waals surface area contributed by atoms with Crippen molar-refractivity contribution in [2.75, 3.05) is 25.6 Å². The molecule has 2 aromatic heterocycles. The molecule has 0 aliphatic rings. The van der Waals surface area contributed by atoms with E-state index in [0.29, 0.717) is 23.0 Å². The standard InChI is InChI=1S/C11H16IN5O/c1-7(2)17-6-14-8-9(13-4-5-18-3)15-11(12)16-10(8)17/h6-7H,4-5H2,1-3H3,(H,13,15,16). The average Bonchev–Trinajstić information content (AvgIpc) is 2.72. The van der Waals surface area contributed by atoms with E-state index in [0.717, 1.165) is 17.0 Å². The number of ether oxygens (including phenoxy) is 1. The molecular weight excluding hydrogens is 345 g/mol. The Balaban J connectivity index is 2.40. The molecular formula is C11H16IN5O. The maximum absolute atomic E-state index is 5.02. The minimum Gasteiger partial charge on any atom is -0.383 e. The van der Waals surface area contributed by atoms with Crippen LogP contribution in [-0.2, 0) is 4.74 Å². The third-order valence-electron chi connectivity index (χ3n) is 2.55. The molecule has 0 radical (unpaired) electrons. The van der Waals surface area contributed by atoms with Crippen molar-refractivity contribution < 1.29 is 4.74 Å². The van der Waals surface area contributed by atoms with Crippen molar-refractivity contribution in [3.05, 3.63) is 10.2 Å². The number of hydrogen-bond acceptors (Lipinski definition) is 5.